The number of nitrogens with one attached hydrogen (secondary N) is 1. The summed E-state index contributed by atoms with van der Waals surface area (Å²) < 4.78 is 3.02. The van der Waals surface area contributed by atoms with Gasteiger partial charge in [0.05, 0.1) is 6.54 Å². The maximum Gasteiger partial charge on any atom is 0.329 e. The highest BCUT2D eigenvalue weighted by molar-refractivity contribution is 6.18. The van der Waals surface area contributed by atoms with E-state index in [0.29, 0.717) is 48.4 Å². The van der Waals surface area contributed by atoms with Gasteiger partial charge >= 0.3 is 5.69 Å². The van der Waals surface area contributed by atoms with E-state index in [2.05, 4.69) is 9.97 Å². The number of hydrogen-bond acceptors (Lipinski definition) is 4. The van der Waals surface area contributed by atoms with Gasteiger partial charge < -0.3 is 4.57 Å². The third-order valence-corrected chi connectivity index (χ3v) is 3.73. The SMILES string of the molecule is Cn1c(CN(CCCl)CCCl)nc2c1c(=O)[nH]c(=O)n2C. The van der Waals surface area contributed by atoms with E-state index in [1.54, 1.807) is 18.7 Å². The molecule has 0 radical (unpaired) electrons. The molecule has 0 saturated carbocycles. The number of rotatable bonds is 6. The van der Waals surface area contributed by atoms with Gasteiger partial charge in [-0.3, -0.25) is 19.2 Å². The third kappa shape index (κ3) is 3.14. The van der Waals surface area contributed by atoms with Crippen molar-refractivity contribution in [3.05, 3.63) is 26.7 Å². The molecule has 21 heavy (non-hydrogen) atoms. The molecule has 0 unspecified atom stereocenters. The van der Waals surface area contributed by atoms with E-state index in [4.69, 9.17) is 23.2 Å². The van der Waals surface area contributed by atoms with Crippen LogP contribution >= 0.6 is 23.2 Å². The highest BCUT2D eigenvalue weighted by atomic mass is 35.5. The van der Waals surface area contributed by atoms with Crippen LogP contribution in [0, 0.1) is 0 Å². The van der Waals surface area contributed by atoms with Crippen molar-refractivity contribution in [1.29, 1.82) is 0 Å². The second kappa shape index (κ2) is 6.64. The molecule has 116 valence electrons. The number of imidazole rings is 1. The van der Waals surface area contributed by atoms with E-state index < -0.39 is 11.2 Å². The summed E-state index contributed by atoms with van der Waals surface area (Å²) in [6.07, 6.45) is 0. The smallest absolute Gasteiger partial charge is 0.324 e. The fourth-order valence-corrected chi connectivity index (χ4v) is 2.68. The molecule has 0 aliphatic rings. The monoisotopic (exact) mass is 333 g/mol. The predicted octanol–water partition coefficient (Wildman–Crippen LogP) is 0.240. The molecule has 2 heterocycles. The Bertz CT molecular complexity index is 742. The molecule has 0 bridgehead atoms. The topological polar surface area (TPSA) is 75.9 Å². The zero-order valence-electron chi connectivity index (χ0n) is 11.9. The van der Waals surface area contributed by atoms with Crippen molar-refractivity contribution in [2.24, 2.45) is 14.1 Å². The maximum absolute atomic E-state index is 11.9. The zero-order valence-corrected chi connectivity index (χ0v) is 13.4. The van der Waals surface area contributed by atoms with Crippen molar-refractivity contribution < 1.29 is 0 Å². The average molecular weight is 334 g/mol. The van der Waals surface area contributed by atoms with Crippen molar-refractivity contribution in [2.75, 3.05) is 24.8 Å². The van der Waals surface area contributed by atoms with Crippen molar-refractivity contribution >= 4 is 34.4 Å². The van der Waals surface area contributed by atoms with Gasteiger partial charge in [-0.2, -0.15) is 0 Å². The number of aryl methyl sites for hydroxylation is 2. The predicted molar refractivity (Wildman–Crippen MR) is 83.3 cm³/mol. The van der Waals surface area contributed by atoms with Gasteiger partial charge in [-0.1, -0.05) is 0 Å². The van der Waals surface area contributed by atoms with Crippen LogP contribution in [0.15, 0.2) is 9.59 Å². The van der Waals surface area contributed by atoms with Crippen LogP contribution in [0.25, 0.3) is 11.2 Å². The fraction of sp³-hybridized carbons (Fsp3) is 0.583. The number of alkyl halides is 2. The lowest BCUT2D eigenvalue weighted by Crippen LogP contribution is -2.29. The van der Waals surface area contributed by atoms with Crippen LogP contribution in [-0.4, -0.2) is 48.9 Å². The van der Waals surface area contributed by atoms with Crippen LogP contribution in [0.1, 0.15) is 5.82 Å². The quantitative estimate of drug-likeness (QED) is 0.768. The van der Waals surface area contributed by atoms with Gasteiger partial charge in [0.25, 0.3) is 5.56 Å². The molecule has 9 heteroatoms. The first-order valence-corrected chi connectivity index (χ1v) is 7.55. The van der Waals surface area contributed by atoms with Crippen LogP contribution in [0.2, 0.25) is 0 Å². The molecule has 1 N–H and O–H groups in total. The number of halogens is 2. The van der Waals surface area contributed by atoms with Crippen LogP contribution in [0.4, 0.5) is 0 Å². The van der Waals surface area contributed by atoms with Gasteiger partial charge in [-0.05, 0) is 0 Å². The van der Waals surface area contributed by atoms with Crippen molar-refractivity contribution in [3.63, 3.8) is 0 Å². The molecule has 0 aliphatic heterocycles. The van der Waals surface area contributed by atoms with E-state index in [9.17, 15) is 9.59 Å². The second-order valence-corrected chi connectivity index (χ2v) is 5.49. The van der Waals surface area contributed by atoms with Gasteiger partial charge in [0.2, 0.25) is 0 Å². The highest BCUT2D eigenvalue weighted by Crippen LogP contribution is 2.11. The van der Waals surface area contributed by atoms with Gasteiger partial charge in [0.1, 0.15) is 5.82 Å². The summed E-state index contributed by atoms with van der Waals surface area (Å²) in [6, 6.07) is 0. The normalized spacial score (nSPS) is 11.7. The molecule has 0 amide bonds. The average Bonchev–Trinajstić information content (AvgIpc) is 2.75. The minimum atomic E-state index is -0.476. The molecule has 0 spiro atoms. The lowest BCUT2D eigenvalue weighted by atomic mass is 10.4. The zero-order chi connectivity index (χ0) is 15.6. The Morgan fingerprint density at radius 2 is 1.76 bits per heavy atom. The first kappa shape index (κ1) is 16.1. The second-order valence-electron chi connectivity index (χ2n) is 4.73. The molecule has 0 atom stereocenters. The Labute approximate surface area is 131 Å². The van der Waals surface area contributed by atoms with Gasteiger partial charge in [-0.25, -0.2) is 9.78 Å². The summed E-state index contributed by atoms with van der Waals surface area (Å²) in [5.74, 6) is 1.66. The number of hydrogen-bond donors (Lipinski definition) is 1. The first-order chi connectivity index (χ1) is 9.99. The van der Waals surface area contributed by atoms with Crippen LogP contribution in [-0.2, 0) is 20.6 Å². The van der Waals surface area contributed by atoms with Crippen LogP contribution < -0.4 is 11.2 Å². The largest absolute Gasteiger partial charge is 0.329 e. The minimum absolute atomic E-state index is 0.373. The molecule has 0 aliphatic carbocycles. The fourth-order valence-electron chi connectivity index (χ4n) is 2.20. The molecular weight excluding hydrogens is 317 g/mol. The summed E-state index contributed by atoms with van der Waals surface area (Å²) in [5, 5.41) is 0. The molecule has 0 fully saturated rings. The van der Waals surface area contributed by atoms with Crippen molar-refractivity contribution in [3.8, 4) is 0 Å². The number of aromatic amines is 1. The lowest BCUT2D eigenvalue weighted by Gasteiger charge is -2.19. The van der Waals surface area contributed by atoms with Crippen LogP contribution in [0.5, 0.6) is 0 Å². The van der Waals surface area contributed by atoms with Gasteiger partial charge in [-0.15, -0.1) is 23.2 Å². The molecule has 2 aromatic heterocycles. The van der Waals surface area contributed by atoms with E-state index in [0.717, 1.165) is 0 Å². The number of aromatic nitrogens is 4. The van der Waals surface area contributed by atoms with Crippen molar-refractivity contribution in [2.45, 2.75) is 6.54 Å². The molecule has 0 aromatic carbocycles. The van der Waals surface area contributed by atoms with Gasteiger partial charge in [0, 0.05) is 38.9 Å². The molecule has 2 rings (SSSR count). The Morgan fingerprint density at radius 3 is 2.33 bits per heavy atom. The first-order valence-electron chi connectivity index (χ1n) is 6.48. The molecule has 0 saturated heterocycles. The summed E-state index contributed by atoms with van der Waals surface area (Å²) >= 11 is 11.6. The Kier molecular flexibility index (Phi) is 5.08. The number of nitrogens with zero attached hydrogens (tertiary/aromatic N) is 4. The number of fused-ring (bicyclic) bond motifs is 1. The third-order valence-electron chi connectivity index (χ3n) is 3.39. The summed E-state index contributed by atoms with van der Waals surface area (Å²) in [5.41, 5.74) is -0.159. The molecule has 7 nitrogen and oxygen atoms in total. The Morgan fingerprint density at radius 1 is 1.14 bits per heavy atom. The lowest BCUT2D eigenvalue weighted by molar-refractivity contribution is 0.289. The van der Waals surface area contributed by atoms with E-state index in [-0.39, 0.29) is 0 Å². The highest BCUT2D eigenvalue weighted by Gasteiger charge is 2.16. The van der Waals surface area contributed by atoms with E-state index >= 15 is 0 Å². The number of H-pyrrole nitrogens is 1. The summed E-state index contributed by atoms with van der Waals surface area (Å²) in [6.45, 7) is 1.86. The Hall–Kier alpha value is -1.31. The standard InChI is InChI=1S/C12H17Cl2N5O2/c1-17-8(7-19(5-3-13)6-4-14)15-10-9(17)11(20)16-12(21)18(10)2/h3-7H2,1-2H3,(H,16,20,21). The Balaban J connectivity index is 2.48. The summed E-state index contributed by atoms with van der Waals surface area (Å²) in [7, 11) is 3.33. The van der Waals surface area contributed by atoms with Gasteiger partial charge in [0.15, 0.2) is 11.2 Å². The van der Waals surface area contributed by atoms with Crippen molar-refractivity contribution in [1.82, 2.24) is 24.0 Å². The summed E-state index contributed by atoms with van der Waals surface area (Å²) in [4.78, 5) is 32.3. The van der Waals surface area contributed by atoms with E-state index in [1.807, 2.05) is 4.90 Å². The molecular formula is C12H17Cl2N5O2. The maximum atomic E-state index is 11.9. The minimum Gasteiger partial charge on any atom is -0.324 e. The van der Waals surface area contributed by atoms with Crippen LogP contribution in [0.3, 0.4) is 0 Å². The molecule has 2 aromatic rings. The van der Waals surface area contributed by atoms with E-state index in [1.165, 1.54) is 4.57 Å².